The lowest BCUT2D eigenvalue weighted by atomic mass is 9.74. The van der Waals surface area contributed by atoms with Crippen molar-refractivity contribution in [1.29, 1.82) is 0 Å². The molecule has 10 heteroatoms. The first kappa shape index (κ1) is 27.5. The van der Waals surface area contributed by atoms with Crippen LogP contribution in [0.5, 0.6) is 0 Å². The molecule has 3 aliphatic rings. The number of benzene rings is 2. The fourth-order valence-corrected chi connectivity index (χ4v) is 7.43. The van der Waals surface area contributed by atoms with Gasteiger partial charge in [0.15, 0.2) is 11.5 Å². The van der Waals surface area contributed by atoms with Crippen LogP contribution in [0.4, 0.5) is 14.5 Å². The predicted molar refractivity (Wildman–Crippen MR) is 151 cm³/mol. The maximum absolute atomic E-state index is 14.0. The van der Waals surface area contributed by atoms with E-state index < -0.39 is 45.6 Å². The molecule has 1 saturated heterocycles. The molecule has 0 atom stereocenters. The Morgan fingerprint density at radius 3 is 2.27 bits per heavy atom. The SMILES string of the molecule is C#CC1(CC(=O)C2(NC(=O)c3cc4ccc(-c5ccc(N6CCCS6(=O)=O)cc5)cc4o3)CCC(F)(F)CC2)CC1. The highest BCUT2D eigenvalue weighted by atomic mass is 32.2. The van der Waals surface area contributed by atoms with Crippen molar-refractivity contribution in [3.8, 4) is 23.5 Å². The number of ketones is 1. The molecule has 2 aromatic carbocycles. The zero-order valence-electron chi connectivity index (χ0n) is 22.4. The van der Waals surface area contributed by atoms with E-state index in [0.717, 1.165) is 11.1 Å². The summed E-state index contributed by atoms with van der Waals surface area (Å²) in [6.45, 7) is 0.463. The monoisotopic (exact) mass is 580 g/mol. The summed E-state index contributed by atoms with van der Waals surface area (Å²) in [5, 5.41) is 3.43. The normalized spacial score (nSPS) is 21.7. The molecule has 214 valence electrons. The van der Waals surface area contributed by atoms with Gasteiger partial charge in [0.1, 0.15) is 5.58 Å². The Morgan fingerprint density at radius 2 is 1.66 bits per heavy atom. The fraction of sp³-hybridized carbons (Fsp3) is 0.419. The molecule has 6 rings (SSSR count). The molecule has 0 bridgehead atoms. The molecule has 3 fully saturated rings. The third-order valence-electron chi connectivity index (χ3n) is 8.71. The van der Waals surface area contributed by atoms with Crippen LogP contribution in [0.3, 0.4) is 0 Å². The second kappa shape index (κ2) is 9.69. The number of fused-ring (bicyclic) bond motifs is 1. The minimum atomic E-state index is -3.27. The van der Waals surface area contributed by atoms with Gasteiger partial charge in [-0.05, 0) is 67.5 Å². The van der Waals surface area contributed by atoms with E-state index in [2.05, 4.69) is 11.2 Å². The summed E-state index contributed by atoms with van der Waals surface area (Å²) in [7, 11) is -3.27. The van der Waals surface area contributed by atoms with Gasteiger partial charge in [0, 0.05) is 36.6 Å². The minimum Gasteiger partial charge on any atom is -0.451 e. The summed E-state index contributed by atoms with van der Waals surface area (Å²) in [6.07, 6.45) is 6.39. The number of Topliss-reactive ketones (excluding diaryl/α,β-unsaturated/α-hetero) is 1. The van der Waals surface area contributed by atoms with Gasteiger partial charge < -0.3 is 9.73 Å². The third kappa shape index (κ3) is 5.23. The van der Waals surface area contributed by atoms with Gasteiger partial charge in [-0.2, -0.15) is 0 Å². The molecule has 7 nitrogen and oxygen atoms in total. The van der Waals surface area contributed by atoms with Crippen LogP contribution in [-0.4, -0.2) is 43.9 Å². The van der Waals surface area contributed by atoms with E-state index in [-0.39, 0.29) is 36.6 Å². The van der Waals surface area contributed by atoms with Crippen molar-refractivity contribution >= 4 is 38.4 Å². The highest BCUT2D eigenvalue weighted by Gasteiger charge is 2.52. The van der Waals surface area contributed by atoms with E-state index in [1.165, 1.54) is 4.31 Å². The lowest BCUT2D eigenvalue weighted by molar-refractivity contribution is -0.131. The van der Waals surface area contributed by atoms with Crippen molar-refractivity contribution in [3.05, 3.63) is 54.3 Å². The van der Waals surface area contributed by atoms with E-state index in [4.69, 9.17) is 10.8 Å². The molecule has 0 unspecified atom stereocenters. The molecule has 0 radical (unpaired) electrons. The zero-order valence-corrected chi connectivity index (χ0v) is 23.2. The van der Waals surface area contributed by atoms with Crippen LogP contribution >= 0.6 is 0 Å². The minimum absolute atomic E-state index is 0.0191. The van der Waals surface area contributed by atoms with Gasteiger partial charge in [-0.1, -0.05) is 30.2 Å². The number of terminal acetylenes is 1. The van der Waals surface area contributed by atoms with Crippen molar-refractivity contribution in [2.24, 2.45) is 5.41 Å². The molecule has 3 aromatic rings. The Bertz CT molecular complexity index is 1670. The maximum atomic E-state index is 14.0. The molecule has 1 aliphatic heterocycles. The van der Waals surface area contributed by atoms with E-state index >= 15 is 0 Å². The van der Waals surface area contributed by atoms with Crippen LogP contribution < -0.4 is 9.62 Å². The molecule has 1 amide bonds. The van der Waals surface area contributed by atoms with E-state index in [1.54, 1.807) is 30.3 Å². The Morgan fingerprint density at radius 1 is 0.976 bits per heavy atom. The Balaban J connectivity index is 1.22. The molecule has 0 spiro atoms. The zero-order chi connectivity index (χ0) is 29.0. The number of furan rings is 1. The van der Waals surface area contributed by atoms with Crippen molar-refractivity contribution in [2.75, 3.05) is 16.6 Å². The molecule has 1 aromatic heterocycles. The largest absolute Gasteiger partial charge is 0.451 e. The van der Waals surface area contributed by atoms with Gasteiger partial charge in [-0.25, -0.2) is 17.2 Å². The first-order valence-corrected chi connectivity index (χ1v) is 15.4. The van der Waals surface area contributed by atoms with E-state index in [0.29, 0.717) is 42.5 Å². The number of nitrogens with zero attached hydrogens (tertiary/aromatic N) is 1. The van der Waals surface area contributed by atoms with E-state index in [9.17, 15) is 26.8 Å². The molecule has 2 saturated carbocycles. The van der Waals surface area contributed by atoms with E-state index in [1.807, 2.05) is 18.2 Å². The number of hydrogen-bond acceptors (Lipinski definition) is 5. The van der Waals surface area contributed by atoms with Gasteiger partial charge in [0.25, 0.3) is 5.91 Å². The number of nitrogens with one attached hydrogen (secondary N) is 1. The van der Waals surface area contributed by atoms with Crippen molar-refractivity contribution in [2.45, 2.75) is 62.8 Å². The number of amides is 1. The van der Waals surface area contributed by atoms with Crippen molar-refractivity contribution in [3.63, 3.8) is 0 Å². The summed E-state index contributed by atoms with van der Waals surface area (Å²) in [5.41, 5.74) is 0.747. The van der Waals surface area contributed by atoms with Gasteiger partial charge in [-0.3, -0.25) is 13.9 Å². The van der Waals surface area contributed by atoms with Gasteiger partial charge in [-0.15, -0.1) is 6.42 Å². The standard InChI is InChI=1S/C31H30F2N2O5S/c1-2-29(10-11-29)20-27(36)30(12-14-31(32,33)15-13-30)34-28(37)26-19-23-5-4-22(18-25(23)40-26)21-6-8-24(9-7-21)35-16-3-17-41(35,38)39/h1,4-9,18-19H,3,10-17,20H2,(H,34,37). The number of hydrogen-bond donors (Lipinski definition) is 1. The van der Waals surface area contributed by atoms with Crippen molar-refractivity contribution in [1.82, 2.24) is 5.32 Å². The highest BCUT2D eigenvalue weighted by molar-refractivity contribution is 7.93. The molecular formula is C31H30F2N2O5S. The molecular weight excluding hydrogens is 550 g/mol. The van der Waals surface area contributed by atoms with Crippen LogP contribution in [0, 0.1) is 17.8 Å². The third-order valence-corrected chi connectivity index (χ3v) is 10.6. The van der Waals surface area contributed by atoms with Gasteiger partial charge >= 0.3 is 0 Å². The maximum Gasteiger partial charge on any atom is 0.287 e. The summed E-state index contributed by atoms with van der Waals surface area (Å²) in [4.78, 5) is 26.7. The molecule has 2 aliphatic carbocycles. The van der Waals surface area contributed by atoms with Crippen molar-refractivity contribution < 1.29 is 31.2 Å². The summed E-state index contributed by atoms with van der Waals surface area (Å²) < 4.78 is 59.8. The Kier molecular flexibility index (Phi) is 6.49. The van der Waals surface area contributed by atoms with Gasteiger partial charge in [0.05, 0.1) is 17.0 Å². The number of sulfonamides is 1. The Labute approximate surface area is 237 Å². The lowest BCUT2D eigenvalue weighted by Gasteiger charge is -2.39. The second-order valence-corrected chi connectivity index (χ2v) is 13.6. The topological polar surface area (TPSA) is 96.7 Å². The van der Waals surface area contributed by atoms with Gasteiger partial charge in [0.2, 0.25) is 15.9 Å². The molecule has 41 heavy (non-hydrogen) atoms. The summed E-state index contributed by atoms with van der Waals surface area (Å²) in [6, 6.07) is 14.2. The molecule has 1 N–H and O–H groups in total. The number of carbonyl (C=O) groups excluding carboxylic acids is 2. The van der Waals surface area contributed by atoms with Crippen LogP contribution in [0.1, 0.15) is 61.9 Å². The number of halogens is 2. The first-order valence-electron chi connectivity index (χ1n) is 13.8. The first-order chi connectivity index (χ1) is 19.4. The smallest absolute Gasteiger partial charge is 0.287 e. The van der Waals surface area contributed by atoms with Crippen LogP contribution in [0.2, 0.25) is 0 Å². The lowest BCUT2D eigenvalue weighted by Crippen LogP contribution is -2.58. The molecule has 2 heterocycles. The predicted octanol–water partition coefficient (Wildman–Crippen LogP) is 5.69. The van der Waals surface area contributed by atoms with Crippen LogP contribution in [0.15, 0.2) is 52.9 Å². The number of alkyl halides is 2. The van der Waals surface area contributed by atoms with Crippen LogP contribution in [-0.2, 0) is 14.8 Å². The summed E-state index contributed by atoms with van der Waals surface area (Å²) in [5.74, 6) is -1.03. The highest BCUT2D eigenvalue weighted by Crippen LogP contribution is 2.50. The number of rotatable bonds is 7. The number of anilines is 1. The Hall–Kier alpha value is -3.71. The quantitative estimate of drug-likeness (QED) is 0.362. The summed E-state index contributed by atoms with van der Waals surface area (Å²) >= 11 is 0. The van der Waals surface area contributed by atoms with Crippen LogP contribution in [0.25, 0.3) is 22.1 Å². The fourth-order valence-electron chi connectivity index (χ4n) is 5.87. The average Bonchev–Trinajstić information content (AvgIpc) is 3.43. The average molecular weight is 581 g/mol. The number of carbonyl (C=O) groups is 2. The second-order valence-electron chi connectivity index (χ2n) is 11.6.